The third-order valence-electron chi connectivity index (χ3n) is 5.15. The van der Waals surface area contributed by atoms with Crippen molar-refractivity contribution in [2.45, 2.75) is 37.8 Å². The number of halogens is 2. The van der Waals surface area contributed by atoms with Crippen molar-refractivity contribution >= 4 is 21.4 Å². The van der Waals surface area contributed by atoms with E-state index in [1.165, 1.54) is 34.6 Å². The molecule has 0 N–H and O–H groups in total. The highest BCUT2D eigenvalue weighted by Gasteiger charge is 2.31. The predicted octanol–water partition coefficient (Wildman–Crippen LogP) is 3.24. The van der Waals surface area contributed by atoms with Crippen LogP contribution in [0.4, 0.5) is 20.2 Å². The van der Waals surface area contributed by atoms with Gasteiger partial charge in [-0.2, -0.15) is 13.1 Å². The number of nitrogens with zero attached hydrogens (tertiary/aromatic N) is 5. The molecule has 0 aliphatic carbocycles. The summed E-state index contributed by atoms with van der Waals surface area (Å²) in [6.07, 6.45) is 4.01. The van der Waals surface area contributed by atoms with Crippen LogP contribution in [0.25, 0.3) is 0 Å². The van der Waals surface area contributed by atoms with Crippen LogP contribution in [0, 0.1) is 16.0 Å². The molecule has 1 aliphatic rings. The van der Waals surface area contributed by atoms with E-state index in [1.54, 1.807) is 0 Å². The summed E-state index contributed by atoms with van der Waals surface area (Å²) in [5.41, 5.74) is -0.312. The van der Waals surface area contributed by atoms with E-state index in [0.717, 1.165) is 25.1 Å². The maximum atomic E-state index is 13.0. The van der Waals surface area contributed by atoms with Gasteiger partial charge in [-0.3, -0.25) is 14.7 Å². The van der Waals surface area contributed by atoms with Crippen molar-refractivity contribution < 1.29 is 22.1 Å². The van der Waals surface area contributed by atoms with Crippen LogP contribution in [0.2, 0.25) is 0 Å². The molecule has 0 unspecified atom stereocenters. The largest absolute Gasteiger partial charge is 0.362 e. The lowest BCUT2D eigenvalue weighted by Gasteiger charge is -2.30. The third-order valence-corrected chi connectivity index (χ3v) is 7.01. The van der Waals surface area contributed by atoms with Crippen LogP contribution in [0.1, 0.15) is 32.1 Å². The fourth-order valence-corrected chi connectivity index (χ4v) is 5.21. The predicted molar refractivity (Wildman–Crippen MR) is 106 cm³/mol. The maximum absolute atomic E-state index is 13.0. The van der Waals surface area contributed by atoms with Crippen molar-refractivity contribution in [3.05, 3.63) is 46.5 Å². The van der Waals surface area contributed by atoms with E-state index in [0.29, 0.717) is 17.7 Å². The Labute approximate surface area is 173 Å². The Kier molecular flexibility index (Phi) is 6.36. The number of rotatable bonds is 7. The van der Waals surface area contributed by atoms with Gasteiger partial charge in [-0.1, -0.05) is 6.92 Å². The molecule has 1 aromatic heterocycles. The zero-order valence-electron chi connectivity index (χ0n) is 16.6. The smallest absolute Gasteiger partial charge is 0.319 e. The van der Waals surface area contributed by atoms with Gasteiger partial charge < -0.3 is 4.90 Å². The van der Waals surface area contributed by atoms with Gasteiger partial charge in [-0.05, 0) is 30.9 Å². The Balaban J connectivity index is 1.92. The first-order chi connectivity index (χ1) is 14.1. The Hall–Kier alpha value is -2.60. The summed E-state index contributed by atoms with van der Waals surface area (Å²) in [6.45, 7) is -0.198. The summed E-state index contributed by atoms with van der Waals surface area (Å²) in [5, 5.41) is 11.6. The van der Waals surface area contributed by atoms with Crippen LogP contribution in [-0.2, 0) is 16.6 Å². The van der Waals surface area contributed by atoms with Crippen LogP contribution in [0.5, 0.6) is 0 Å². The average molecular weight is 443 g/mol. The monoisotopic (exact) mass is 443 g/mol. The molecule has 3 rings (SSSR count). The van der Waals surface area contributed by atoms with E-state index in [9.17, 15) is 27.3 Å². The first-order valence-electron chi connectivity index (χ1n) is 9.41. The topological polar surface area (TPSA) is 102 Å². The quantitative estimate of drug-likeness (QED) is 0.481. The fraction of sp³-hybridized carbons (Fsp3) is 0.500. The zero-order valence-corrected chi connectivity index (χ0v) is 17.4. The van der Waals surface area contributed by atoms with Gasteiger partial charge in [0.15, 0.2) is 0 Å². The number of nitro benzene ring substituents is 1. The van der Waals surface area contributed by atoms with E-state index in [4.69, 9.17) is 0 Å². The van der Waals surface area contributed by atoms with E-state index in [1.807, 2.05) is 6.92 Å². The van der Waals surface area contributed by atoms with Crippen molar-refractivity contribution in [3.63, 3.8) is 0 Å². The molecule has 1 atom stereocenters. The standard InChI is InChI=1S/C18H23F2N5O4S/c1-13-4-3-8-23(11-13)30(28,29)14-5-6-15(16(10-14)25(26)27)22(2)12-17-21-7-9-24(17)18(19)20/h5-7,9-10,13,18H,3-4,8,11-12H2,1-2H3/t13-/m1/s1. The zero-order chi connectivity index (χ0) is 22.1. The lowest BCUT2D eigenvalue weighted by molar-refractivity contribution is -0.384. The number of nitro groups is 1. The number of hydrogen-bond acceptors (Lipinski definition) is 6. The Morgan fingerprint density at radius 2 is 2.13 bits per heavy atom. The fourth-order valence-electron chi connectivity index (χ4n) is 3.59. The second-order valence-electron chi connectivity index (χ2n) is 7.40. The Morgan fingerprint density at radius 1 is 1.40 bits per heavy atom. The highest BCUT2D eigenvalue weighted by Crippen LogP contribution is 2.33. The second kappa shape index (κ2) is 8.64. The summed E-state index contributed by atoms with van der Waals surface area (Å²) in [6, 6.07) is 3.67. The van der Waals surface area contributed by atoms with Gasteiger partial charge >= 0.3 is 6.55 Å². The number of piperidine rings is 1. The number of hydrogen-bond donors (Lipinski definition) is 0. The number of benzene rings is 1. The van der Waals surface area contributed by atoms with Gasteiger partial charge in [-0.25, -0.2) is 13.4 Å². The van der Waals surface area contributed by atoms with Crippen molar-refractivity contribution in [2.75, 3.05) is 25.0 Å². The third kappa shape index (κ3) is 4.43. The summed E-state index contributed by atoms with van der Waals surface area (Å²) in [7, 11) is -2.37. The van der Waals surface area contributed by atoms with Crippen LogP contribution >= 0.6 is 0 Å². The summed E-state index contributed by atoms with van der Waals surface area (Å²) in [5.74, 6) is 0.244. The van der Waals surface area contributed by atoms with E-state index in [-0.39, 0.29) is 28.9 Å². The van der Waals surface area contributed by atoms with Gasteiger partial charge in [0.25, 0.3) is 5.69 Å². The highest BCUT2D eigenvalue weighted by atomic mass is 32.2. The Bertz CT molecular complexity index is 1030. The van der Waals surface area contributed by atoms with E-state index >= 15 is 0 Å². The number of alkyl halides is 2. The minimum Gasteiger partial charge on any atom is -0.362 e. The van der Waals surface area contributed by atoms with E-state index < -0.39 is 27.2 Å². The van der Waals surface area contributed by atoms with Crippen molar-refractivity contribution in [1.82, 2.24) is 13.9 Å². The molecular weight excluding hydrogens is 420 g/mol. The molecule has 0 amide bonds. The lowest BCUT2D eigenvalue weighted by Crippen LogP contribution is -2.39. The normalized spacial score (nSPS) is 18.0. The summed E-state index contributed by atoms with van der Waals surface area (Å²) in [4.78, 5) is 16.1. The molecule has 0 bridgehead atoms. The SMILES string of the molecule is C[C@@H]1CCCN(S(=O)(=O)c2ccc(N(C)Cc3nccn3C(F)F)c([N+](=O)[O-])c2)C1. The number of anilines is 1. The molecular formula is C18H23F2N5O4S. The Morgan fingerprint density at radius 3 is 2.77 bits per heavy atom. The number of aromatic nitrogens is 2. The number of sulfonamides is 1. The molecule has 164 valence electrons. The number of imidazole rings is 1. The minimum atomic E-state index is -3.87. The second-order valence-corrected chi connectivity index (χ2v) is 9.34. The van der Waals surface area contributed by atoms with Crippen molar-refractivity contribution in [1.29, 1.82) is 0 Å². The van der Waals surface area contributed by atoms with Crippen LogP contribution in [0.3, 0.4) is 0 Å². The molecule has 0 radical (unpaired) electrons. The molecule has 1 saturated heterocycles. The maximum Gasteiger partial charge on any atom is 0.319 e. The van der Waals surface area contributed by atoms with Gasteiger partial charge in [0, 0.05) is 38.6 Å². The van der Waals surface area contributed by atoms with Crippen LogP contribution in [0.15, 0.2) is 35.5 Å². The molecule has 0 saturated carbocycles. The van der Waals surface area contributed by atoms with Gasteiger partial charge in [-0.15, -0.1) is 0 Å². The van der Waals surface area contributed by atoms with Gasteiger partial charge in [0.05, 0.1) is 16.4 Å². The first kappa shape index (κ1) is 22.1. The molecule has 30 heavy (non-hydrogen) atoms. The molecule has 1 fully saturated rings. The van der Waals surface area contributed by atoms with E-state index in [2.05, 4.69) is 4.98 Å². The molecule has 2 aromatic rings. The molecule has 12 heteroatoms. The molecule has 0 spiro atoms. The summed E-state index contributed by atoms with van der Waals surface area (Å²) < 4.78 is 54.0. The highest BCUT2D eigenvalue weighted by molar-refractivity contribution is 7.89. The van der Waals surface area contributed by atoms with Crippen molar-refractivity contribution in [3.8, 4) is 0 Å². The van der Waals surface area contributed by atoms with Crippen molar-refractivity contribution in [2.24, 2.45) is 5.92 Å². The molecule has 1 aliphatic heterocycles. The van der Waals surface area contributed by atoms with Gasteiger partial charge in [0.2, 0.25) is 10.0 Å². The summed E-state index contributed by atoms with van der Waals surface area (Å²) >= 11 is 0. The first-order valence-corrected chi connectivity index (χ1v) is 10.8. The van der Waals surface area contributed by atoms with Crippen LogP contribution in [-0.4, -0.2) is 47.3 Å². The van der Waals surface area contributed by atoms with Crippen LogP contribution < -0.4 is 4.90 Å². The lowest BCUT2D eigenvalue weighted by atomic mass is 10.0. The molecule has 1 aromatic carbocycles. The van der Waals surface area contributed by atoms with Gasteiger partial charge in [0.1, 0.15) is 11.5 Å². The minimum absolute atomic E-state index is 0.0285. The molecule has 9 nitrogen and oxygen atoms in total. The molecule has 2 heterocycles. The average Bonchev–Trinajstić information content (AvgIpc) is 3.15.